The molecule has 5 heterocycles. The number of hydrogen-bond donors (Lipinski definition) is 1. The zero-order chi connectivity index (χ0) is 33.5. The summed E-state index contributed by atoms with van der Waals surface area (Å²) in [6, 6.07) is 11.7. The van der Waals surface area contributed by atoms with E-state index in [4.69, 9.17) is 15.5 Å². The van der Waals surface area contributed by atoms with E-state index in [1.165, 1.54) is 0 Å². The monoisotopic (exact) mass is 847 g/mol. The molecule has 0 bridgehead atoms. The van der Waals surface area contributed by atoms with Crippen molar-refractivity contribution in [2.45, 2.75) is 102 Å². The number of ether oxygens (including phenoxy) is 3. The molecule has 0 saturated carbocycles. The van der Waals surface area contributed by atoms with Gasteiger partial charge in [0.15, 0.2) is 0 Å². The third-order valence-corrected chi connectivity index (χ3v) is 8.52. The van der Waals surface area contributed by atoms with Gasteiger partial charge in [0.25, 0.3) is 0 Å². The van der Waals surface area contributed by atoms with E-state index in [0.29, 0.717) is 32.7 Å². The van der Waals surface area contributed by atoms with E-state index in [1.807, 2.05) is 78.1 Å². The molecule has 0 spiro atoms. The third-order valence-electron chi connectivity index (χ3n) is 8.52. The molecule has 45 heavy (non-hydrogen) atoms. The van der Waals surface area contributed by atoms with Crippen molar-refractivity contribution in [2.24, 2.45) is 0 Å². The Morgan fingerprint density at radius 1 is 0.933 bits per heavy atom. The molecule has 0 aromatic carbocycles. The molecule has 3 aliphatic rings. The Morgan fingerprint density at radius 3 is 1.84 bits per heavy atom. The molecule has 0 unspecified atom stereocenters. The number of rotatable bonds is 3. The van der Waals surface area contributed by atoms with Gasteiger partial charge in [0.2, 0.25) is 0 Å². The van der Waals surface area contributed by atoms with Crippen LogP contribution in [0.25, 0.3) is 0 Å². The molecule has 244 valence electrons. The van der Waals surface area contributed by atoms with Crippen molar-refractivity contribution in [2.75, 3.05) is 32.8 Å². The fourth-order valence-corrected chi connectivity index (χ4v) is 6.02. The van der Waals surface area contributed by atoms with Crippen LogP contribution in [0.3, 0.4) is 0 Å². The Balaban J connectivity index is 0.000000298. The van der Waals surface area contributed by atoms with Crippen LogP contribution in [-0.4, -0.2) is 103 Å². The number of aliphatic hydroxyl groups is 1. The van der Waals surface area contributed by atoms with Crippen LogP contribution in [0.5, 0.6) is 0 Å². The second kappa shape index (κ2) is 15.6. The van der Waals surface area contributed by atoms with Gasteiger partial charge >= 0.3 is 12.2 Å². The topological polar surface area (TPSA) is 114 Å². The first-order valence-electron chi connectivity index (χ1n) is 15.9. The summed E-state index contributed by atoms with van der Waals surface area (Å²) >= 11 is 0. The summed E-state index contributed by atoms with van der Waals surface area (Å²) in [6.45, 7) is 16.0. The molecule has 4 atom stereocenters. The summed E-state index contributed by atoms with van der Waals surface area (Å²) < 4.78 is 21.8. The minimum absolute atomic E-state index is 0. The van der Waals surface area contributed by atoms with Gasteiger partial charge in [0.05, 0.1) is 43.0 Å². The van der Waals surface area contributed by atoms with Gasteiger partial charge in [-0.3, -0.25) is 9.97 Å². The average molecular weight is 848 g/mol. The summed E-state index contributed by atoms with van der Waals surface area (Å²) in [4.78, 5) is 36.6. The van der Waals surface area contributed by atoms with Crippen LogP contribution in [0.2, 0.25) is 0 Å². The summed E-state index contributed by atoms with van der Waals surface area (Å²) in [5.74, 6) is 0. The minimum atomic E-state index is -0.645. The number of carbonyl (C=O) groups excluding carboxylic acids is 2. The third kappa shape index (κ3) is 9.24. The van der Waals surface area contributed by atoms with Gasteiger partial charge in [-0.05, 0) is 86.4 Å². The fraction of sp³-hybridized carbons (Fsp3) is 0.636. The Labute approximate surface area is 295 Å². The van der Waals surface area contributed by atoms with Crippen LogP contribution in [-0.2, 0) is 25.0 Å². The molecule has 0 aliphatic carbocycles. The molecular formula is C33H49BN4O6U. The van der Waals surface area contributed by atoms with Crippen molar-refractivity contribution in [3.63, 3.8) is 0 Å². The molecular weight excluding hydrogens is 797 g/mol. The first-order chi connectivity index (χ1) is 21.2. The Bertz CT molecular complexity index is 1250. The maximum absolute atomic E-state index is 12.2. The molecule has 2 aromatic heterocycles. The van der Waals surface area contributed by atoms with Gasteiger partial charge in [-0.15, -0.1) is 0 Å². The molecule has 3 aliphatic heterocycles. The first kappa shape index (κ1) is 37.3. The van der Waals surface area contributed by atoms with Gasteiger partial charge in [-0.25, -0.2) is 9.59 Å². The molecule has 10 nitrogen and oxygen atoms in total. The van der Waals surface area contributed by atoms with E-state index < -0.39 is 17.3 Å². The number of β-amino-alcohol motifs (C(OH)–C–C–N with tert-alkyl or cyclic N) is 1. The van der Waals surface area contributed by atoms with Crippen molar-refractivity contribution < 1.29 is 60.0 Å². The second-order valence-electron chi connectivity index (χ2n) is 13.8. The van der Waals surface area contributed by atoms with Gasteiger partial charge < -0.3 is 29.1 Å². The van der Waals surface area contributed by atoms with E-state index in [0.717, 1.165) is 24.2 Å². The van der Waals surface area contributed by atoms with E-state index >= 15 is 0 Å². The van der Waals surface area contributed by atoms with E-state index in [9.17, 15) is 14.7 Å². The van der Waals surface area contributed by atoms with Crippen molar-refractivity contribution in [3.05, 3.63) is 60.2 Å². The number of carbonyl (C=O) groups is 2. The molecule has 2 amide bonds. The van der Waals surface area contributed by atoms with Crippen LogP contribution < -0.4 is 0 Å². The molecule has 3 saturated heterocycles. The van der Waals surface area contributed by atoms with Crippen LogP contribution in [0.4, 0.5) is 9.59 Å². The van der Waals surface area contributed by atoms with Crippen molar-refractivity contribution in [1.29, 1.82) is 1.34 Å². The van der Waals surface area contributed by atoms with Crippen LogP contribution >= 0.6 is 0 Å². The second-order valence-corrected chi connectivity index (χ2v) is 13.8. The Hall–Kier alpha value is -2.12. The molecule has 2 aromatic rings. The number of likely N-dealkylation sites (tertiary alicyclic amines) is 2. The summed E-state index contributed by atoms with van der Waals surface area (Å²) in [7, 11) is 3.75. The van der Waals surface area contributed by atoms with Gasteiger partial charge in [-0.2, -0.15) is 0 Å². The standard InChI is InChI=1S/C17H26N2O3.C16H22N2O3.BH.U/c1-5-17(13-8-6-7-10-18-13)9-11-19(12-14(17)20)15(21)22-16(2,3)4;1-15(2,3)21-14(19)18-9-7-16(11-20-13(16)10-18)12-6-4-5-8-17-12;;/h6-8,10,14,20H,5,9,11-12H2,1-4H3;4-6,8,13H,7,9-11H2,1-3H3;1H;/t14-,17+;13-,16-;;/m11../s1/i;;1D;. The summed E-state index contributed by atoms with van der Waals surface area (Å²) in [6.07, 6.45) is 4.66. The first-order valence-corrected chi connectivity index (χ1v) is 15.3. The smallest absolute Gasteiger partial charge is 0.410 e. The Kier molecular flexibility index (Phi) is 13.0. The molecule has 3 fully saturated rings. The SMILES string of the molecule is CC(C)(C)OC(=O)N1CC[C@]2(c3ccccn3)CO[C@@H]2C1.CC[C@@]1(c2ccccn2)CCN(C(=O)OC(C)(C)C)C[C@H]1O.[2H][B].[U]. The number of fused-ring (bicyclic) bond motifs is 1. The number of aromatic nitrogens is 2. The fourth-order valence-electron chi connectivity index (χ4n) is 6.02. The largest absolute Gasteiger partial charge is 0.444 e. The quantitative estimate of drug-likeness (QED) is 0.452. The maximum Gasteiger partial charge on any atom is 0.410 e. The average Bonchev–Trinajstić information content (AvgIpc) is 2.98. The zero-order valence-electron chi connectivity index (χ0n) is 28.8. The summed E-state index contributed by atoms with van der Waals surface area (Å²) in [5.41, 5.74) is 0.563. The van der Waals surface area contributed by atoms with Crippen molar-refractivity contribution in [3.8, 4) is 0 Å². The van der Waals surface area contributed by atoms with E-state index in [1.54, 1.807) is 16.0 Å². The predicted molar refractivity (Wildman–Crippen MR) is 170 cm³/mol. The number of hydrogen-bond acceptors (Lipinski definition) is 8. The molecule has 12 heteroatoms. The van der Waals surface area contributed by atoms with Gasteiger partial charge in [0.1, 0.15) is 11.2 Å². The summed E-state index contributed by atoms with van der Waals surface area (Å²) in [5, 5.41) is 10.7. The van der Waals surface area contributed by atoms with Crippen LogP contribution in [0.15, 0.2) is 48.8 Å². The van der Waals surface area contributed by atoms with E-state index in [-0.39, 0.29) is 66.8 Å². The van der Waals surface area contributed by atoms with Crippen molar-refractivity contribution in [1.82, 2.24) is 19.8 Å². The van der Waals surface area contributed by atoms with Gasteiger partial charge in [-0.1, -0.05) is 19.1 Å². The molecule has 2 radical (unpaired) electrons. The minimum Gasteiger partial charge on any atom is -0.444 e. The number of amides is 2. The predicted octanol–water partition coefficient (Wildman–Crippen LogP) is 4.44. The normalized spacial score (nSPS) is 26.1. The number of nitrogens with zero attached hydrogens (tertiary/aromatic N) is 4. The van der Waals surface area contributed by atoms with Crippen LogP contribution in [0.1, 0.15) is 79.1 Å². The van der Waals surface area contributed by atoms with Crippen molar-refractivity contribution >= 4 is 20.6 Å². The Morgan fingerprint density at radius 2 is 1.44 bits per heavy atom. The molecule has 1 N–H and O–H groups in total. The van der Waals surface area contributed by atoms with Crippen LogP contribution in [0, 0.1) is 31.1 Å². The maximum atomic E-state index is 12.2. The molecule has 5 rings (SSSR count). The number of aliphatic hydroxyl groups excluding tert-OH is 1. The van der Waals surface area contributed by atoms with E-state index in [2.05, 4.69) is 31.3 Å². The number of piperidine rings is 2. The number of pyridine rings is 2. The zero-order valence-corrected chi connectivity index (χ0v) is 31.9. The van der Waals surface area contributed by atoms with Gasteiger partial charge in [0, 0.05) is 76.1 Å².